The first-order chi connectivity index (χ1) is 11.6. The summed E-state index contributed by atoms with van der Waals surface area (Å²) in [4.78, 5) is 22.5. The predicted molar refractivity (Wildman–Crippen MR) is 92.1 cm³/mol. The second kappa shape index (κ2) is 6.91. The summed E-state index contributed by atoms with van der Waals surface area (Å²) < 4.78 is 1.70. The Balaban J connectivity index is 1.81. The number of anilines is 2. The van der Waals surface area contributed by atoms with Gasteiger partial charge in [-0.25, -0.2) is 9.67 Å². The molecule has 0 saturated carbocycles. The van der Waals surface area contributed by atoms with Gasteiger partial charge in [-0.2, -0.15) is 5.10 Å². The first-order valence-corrected chi connectivity index (χ1v) is 7.48. The average Bonchev–Trinajstić information content (AvgIpc) is 3.10. The van der Waals surface area contributed by atoms with Gasteiger partial charge in [-0.15, -0.1) is 0 Å². The molecule has 0 spiro atoms. The van der Waals surface area contributed by atoms with Crippen LogP contribution in [0.4, 0.5) is 11.4 Å². The van der Waals surface area contributed by atoms with E-state index in [4.69, 9.17) is 0 Å². The highest BCUT2D eigenvalue weighted by Gasteiger charge is 2.12. The minimum absolute atomic E-state index is 0.246. The van der Waals surface area contributed by atoms with Crippen molar-refractivity contribution in [2.45, 2.75) is 6.54 Å². The minimum Gasteiger partial charge on any atom is -0.378 e. The van der Waals surface area contributed by atoms with Gasteiger partial charge in [-0.1, -0.05) is 18.2 Å². The summed E-state index contributed by atoms with van der Waals surface area (Å²) in [6, 6.07) is 11.2. The molecule has 2 heterocycles. The second-order valence-electron chi connectivity index (χ2n) is 5.50. The number of nitrogens with zero attached hydrogens (tertiary/aromatic N) is 5. The van der Waals surface area contributed by atoms with Crippen LogP contribution in [0, 0.1) is 0 Å². The molecular formula is C17H18N6O. The molecule has 0 fully saturated rings. The minimum atomic E-state index is -0.246. The predicted octanol–water partition coefficient (Wildman–Crippen LogP) is 2.04. The molecule has 0 aliphatic rings. The molecule has 0 aliphatic carbocycles. The maximum absolute atomic E-state index is 12.5. The summed E-state index contributed by atoms with van der Waals surface area (Å²) in [5.41, 5.74) is 2.97. The van der Waals surface area contributed by atoms with Crippen LogP contribution in [0.3, 0.4) is 0 Å². The van der Waals surface area contributed by atoms with Gasteiger partial charge < -0.3 is 10.2 Å². The molecule has 122 valence electrons. The number of aromatic nitrogens is 4. The molecule has 1 amide bonds. The van der Waals surface area contributed by atoms with Crippen molar-refractivity contribution in [1.82, 2.24) is 19.7 Å². The lowest BCUT2D eigenvalue weighted by molar-refractivity contribution is 0.102. The number of carbonyl (C=O) groups is 1. The highest BCUT2D eigenvalue weighted by molar-refractivity contribution is 6.03. The van der Waals surface area contributed by atoms with Crippen LogP contribution in [0.25, 0.3) is 0 Å². The van der Waals surface area contributed by atoms with E-state index in [1.165, 1.54) is 6.33 Å². The van der Waals surface area contributed by atoms with Crippen molar-refractivity contribution >= 4 is 17.3 Å². The molecule has 0 aliphatic heterocycles. The van der Waals surface area contributed by atoms with Gasteiger partial charge in [0.2, 0.25) is 0 Å². The summed E-state index contributed by atoms with van der Waals surface area (Å²) in [6.45, 7) is 0.529. The number of para-hydroxylation sites is 1. The quantitative estimate of drug-likeness (QED) is 0.778. The monoisotopic (exact) mass is 322 g/mol. The number of hydrogen-bond acceptors (Lipinski definition) is 5. The molecule has 3 rings (SSSR count). The van der Waals surface area contributed by atoms with E-state index in [1.54, 1.807) is 23.3 Å². The van der Waals surface area contributed by atoms with Gasteiger partial charge in [-0.3, -0.25) is 9.78 Å². The Bertz CT molecular complexity index is 829. The van der Waals surface area contributed by atoms with Crippen LogP contribution in [0.2, 0.25) is 0 Å². The largest absolute Gasteiger partial charge is 0.378 e. The third-order valence-electron chi connectivity index (χ3n) is 3.56. The van der Waals surface area contributed by atoms with Gasteiger partial charge in [0.05, 0.1) is 6.54 Å². The number of rotatable bonds is 5. The molecule has 1 N–H and O–H groups in total. The van der Waals surface area contributed by atoms with Crippen molar-refractivity contribution in [2.75, 3.05) is 24.3 Å². The molecule has 0 radical (unpaired) electrons. The van der Waals surface area contributed by atoms with E-state index in [2.05, 4.69) is 20.4 Å². The van der Waals surface area contributed by atoms with E-state index in [1.807, 2.05) is 49.3 Å². The topological polar surface area (TPSA) is 75.9 Å². The van der Waals surface area contributed by atoms with E-state index in [0.717, 1.165) is 16.9 Å². The fourth-order valence-electron chi connectivity index (χ4n) is 2.28. The van der Waals surface area contributed by atoms with Gasteiger partial charge in [0, 0.05) is 31.7 Å². The van der Waals surface area contributed by atoms with Crippen LogP contribution in [-0.2, 0) is 6.54 Å². The fraction of sp³-hybridized carbons (Fsp3) is 0.176. The van der Waals surface area contributed by atoms with Crippen molar-refractivity contribution < 1.29 is 4.79 Å². The van der Waals surface area contributed by atoms with E-state index >= 15 is 0 Å². The van der Waals surface area contributed by atoms with E-state index in [9.17, 15) is 4.79 Å². The number of nitrogens with one attached hydrogen (secondary N) is 1. The van der Waals surface area contributed by atoms with E-state index < -0.39 is 0 Å². The van der Waals surface area contributed by atoms with Crippen LogP contribution < -0.4 is 10.2 Å². The SMILES string of the molecule is CN(C)c1ccnc(C(=O)Nc2ccccc2Cn2cncn2)c1. The van der Waals surface area contributed by atoms with Crippen molar-refractivity contribution in [2.24, 2.45) is 0 Å². The molecule has 7 heteroatoms. The summed E-state index contributed by atoms with van der Waals surface area (Å²) >= 11 is 0. The van der Waals surface area contributed by atoms with Crippen LogP contribution in [-0.4, -0.2) is 39.8 Å². The Hall–Kier alpha value is -3.22. The van der Waals surface area contributed by atoms with Crippen LogP contribution in [0.15, 0.2) is 55.2 Å². The van der Waals surface area contributed by atoms with Crippen LogP contribution >= 0.6 is 0 Å². The van der Waals surface area contributed by atoms with Crippen molar-refractivity contribution in [3.05, 3.63) is 66.5 Å². The number of pyridine rings is 1. The molecule has 24 heavy (non-hydrogen) atoms. The molecule has 0 atom stereocenters. The lowest BCUT2D eigenvalue weighted by Gasteiger charge is -2.14. The standard InChI is InChI=1S/C17H18N6O/c1-22(2)14-7-8-19-16(9-14)17(24)21-15-6-4-3-5-13(15)10-23-12-18-11-20-23/h3-9,11-12H,10H2,1-2H3,(H,21,24). The van der Waals surface area contributed by atoms with Gasteiger partial charge in [-0.05, 0) is 23.8 Å². The number of hydrogen-bond donors (Lipinski definition) is 1. The zero-order valence-corrected chi connectivity index (χ0v) is 13.5. The zero-order chi connectivity index (χ0) is 16.9. The highest BCUT2D eigenvalue weighted by Crippen LogP contribution is 2.18. The first kappa shape index (κ1) is 15.7. The molecule has 0 saturated heterocycles. The van der Waals surface area contributed by atoms with Crippen molar-refractivity contribution in [1.29, 1.82) is 0 Å². The van der Waals surface area contributed by atoms with Gasteiger partial charge >= 0.3 is 0 Å². The Kier molecular flexibility index (Phi) is 4.51. The molecular weight excluding hydrogens is 304 g/mol. The number of amides is 1. The van der Waals surface area contributed by atoms with Gasteiger partial charge in [0.1, 0.15) is 18.3 Å². The third-order valence-corrected chi connectivity index (χ3v) is 3.56. The zero-order valence-electron chi connectivity index (χ0n) is 13.5. The van der Waals surface area contributed by atoms with Gasteiger partial charge in [0.15, 0.2) is 0 Å². The smallest absolute Gasteiger partial charge is 0.274 e. The maximum atomic E-state index is 12.5. The van der Waals surface area contributed by atoms with E-state index in [0.29, 0.717) is 12.2 Å². The molecule has 0 unspecified atom stereocenters. The molecule has 7 nitrogen and oxygen atoms in total. The van der Waals surface area contributed by atoms with Crippen molar-refractivity contribution in [3.63, 3.8) is 0 Å². The normalized spacial score (nSPS) is 10.4. The number of carbonyl (C=O) groups excluding carboxylic acids is 1. The first-order valence-electron chi connectivity index (χ1n) is 7.48. The summed E-state index contributed by atoms with van der Waals surface area (Å²) in [5, 5.41) is 7.02. The summed E-state index contributed by atoms with van der Waals surface area (Å²) in [6.07, 6.45) is 4.75. The Morgan fingerprint density at radius 2 is 2.08 bits per heavy atom. The van der Waals surface area contributed by atoms with Crippen molar-refractivity contribution in [3.8, 4) is 0 Å². The number of benzene rings is 1. The second-order valence-corrected chi connectivity index (χ2v) is 5.50. The Morgan fingerprint density at radius 1 is 1.25 bits per heavy atom. The maximum Gasteiger partial charge on any atom is 0.274 e. The summed E-state index contributed by atoms with van der Waals surface area (Å²) in [5.74, 6) is -0.246. The molecule has 0 bridgehead atoms. The third kappa shape index (κ3) is 3.57. The molecule has 1 aromatic carbocycles. The molecule has 2 aromatic heterocycles. The lowest BCUT2D eigenvalue weighted by Crippen LogP contribution is -2.17. The fourth-order valence-corrected chi connectivity index (χ4v) is 2.28. The average molecular weight is 322 g/mol. The Morgan fingerprint density at radius 3 is 2.83 bits per heavy atom. The van der Waals surface area contributed by atoms with Gasteiger partial charge in [0.25, 0.3) is 5.91 Å². The van der Waals surface area contributed by atoms with E-state index in [-0.39, 0.29) is 5.91 Å². The highest BCUT2D eigenvalue weighted by atomic mass is 16.1. The molecule has 3 aromatic rings. The Labute approximate surface area is 140 Å². The summed E-state index contributed by atoms with van der Waals surface area (Å²) in [7, 11) is 3.84. The lowest BCUT2D eigenvalue weighted by atomic mass is 10.1. The van der Waals surface area contributed by atoms with Crippen LogP contribution in [0.1, 0.15) is 16.1 Å². The van der Waals surface area contributed by atoms with Crippen LogP contribution in [0.5, 0.6) is 0 Å².